The van der Waals surface area contributed by atoms with E-state index in [1.807, 2.05) is 26.8 Å². The van der Waals surface area contributed by atoms with E-state index < -0.39 is 12.1 Å². The Hall–Kier alpha value is -2.22. The third-order valence-corrected chi connectivity index (χ3v) is 3.95. The van der Waals surface area contributed by atoms with Crippen LogP contribution in [0.3, 0.4) is 0 Å². The first-order valence-corrected chi connectivity index (χ1v) is 8.86. The number of ether oxygens (including phenoxy) is 1. The van der Waals surface area contributed by atoms with Gasteiger partial charge in [-0.2, -0.15) is 4.98 Å². The van der Waals surface area contributed by atoms with Gasteiger partial charge in [0.2, 0.25) is 5.95 Å². The summed E-state index contributed by atoms with van der Waals surface area (Å²) in [5.74, 6) is 1.00. The van der Waals surface area contributed by atoms with Gasteiger partial charge in [0.15, 0.2) is 0 Å². The summed E-state index contributed by atoms with van der Waals surface area (Å²) in [4.78, 5) is 9.01. The average Bonchev–Trinajstić information content (AvgIpc) is 3.31. The summed E-state index contributed by atoms with van der Waals surface area (Å²) in [6, 6.07) is 5.82. The van der Waals surface area contributed by atoms with Gasteiger partial charge in [0.05, 0.1) is 10.7 Å². The number of nitrogens with one attached hydrogen (secondary N) is 2. The zero-order chi connectivity index (χ0) is 19.8. The molecule has 2 aromatic rings. The van der Waals surface area contributed by atoms with Gasteiger partial charge in [0.1, 0.15) is 11.6 Å². The Morgan fingerprint density at radius 3 is 2.37 bits per heavy atom. The molecule has 1 aromatic carbocycles. The lowest BCUT2D eigenvalue weighted by Gasteiger charge is -2.21. The van der Waals surface area contributed by atoms with Crippen LogP contribution >= 0.6 is 11.6 Å². The molecule has 0 saturated heterocycles. The zero-order valence-corrected chi connectivity index (χ0v) is 15.9. The molecular formula is C18H20ClF3N4O. The van der Waals surface area contributed by atoms with Crippen molar-refractivity contribution >= 4 is 29.1 Å². The summed E-state index contributed by atoms with van der Waals surface area (Å²) in [7, 11) is 0. The molecule has 1 heterocycles. The Morgan fingerprint density at radius 2 is 1.81 bits per heavy atom. The number of hydrogen-bond acceptors (Lipinski definition) is 5. The minimum atomic E-state index is -4.79. The van der Waals surface area contributed by atoms with Crippen molar-refractivity contribution in [1.29, 1.82) is 0 Å². The first-order chi connectivity index (χ1) is 12.5. The van der Waals surface area contributed by atoms with Crippen LogP contribution in [0.2, 0.25) is 5.02 Å². The summed E-state index contributed by atoms with van der Waals surface area (Å²) < 4.78 is 40.9. The molecule has 0 spiro atoms. The van der Waals surface area contributed by atoms with E-state index in [1.165, 1.54) is 12.1 Å². The van der Waals surface area contributed by atoms with Crippen LogP contribution in [0, 0.1) is 0 Å². The Bertz CT molecular complexity index is 832. The number of alkyl halides is 3. The lowest BCUT2D eigenvalue weighted by molar-refractivity contribution is -0.274. The molecule has 1 saturated carbocycles. The van der Waals surface area contributed by atoms with E-state index in [2.05, 4.69) is 25.3 Å². The zero-order valence-electron chi connectivity index (χ0n) is 15.1. The third kappa shape index (κ3) is 5.89. The van der Waals surface area contributed by atoms with Crippen LogP contribution in [0.15, 0.2) is 24.3 Å². The standard InChI is InChI=1S/C18H20ClF3N4O/c1-17(2,3)26-16-24-13(10-4-5-10)9-15(25-16)23-11-6-7-14(12(19)8-11)27-18(20,21)22/h6-10H,4-5H2,1-3H3,(H2,23,24,25,26). The lowest BCUT2D eigenvalue weighted by Crippen LogP contribution is -2.27. The van der Waals surface area contributed by atoms with Gasteiger partial charge in [-0.15, -0.1) is 13.2 Å². The molecule has 0 bridgehead atoms. The van der Waals surface area contributed by atoms with Gasteiger partial charge in [0.25, 0.3) is 0 Å². The first kappa shape index (κ1) is 19.5. The SMILES string of the molecule is CC(C)(C)Nc1nc(Nc2ccc(OC(F)(F)F)c(Cl)c2)cc(C2CC2)n1. The van der Waals surface area contributed by atoms with Crippen LogP contribution in [0.4, 0.5) is 30.6 Å². The molecule has 1 aliphatic carbocycles. The van der Waals surface area contributed by atoms with Crippen LogP contribution < -0.4 is 15.4 Å². The highest BCUT2D eigenvalue weighted by molar-refractivity contribution is 6.32. The maximum absolute atomic E-state index is 12.4. The predicted octanol–water partition coefficient (Wildman–Crippen LogP) is 5.86. The van der Waals surface area contributed by atoms with Gasteiger partial charge in [-0.1, -0.05) is 11.6 Å². The maximum atomic E-state index is 12.4. The topological polar surface area (TPSA) is 59.1 Å². The normalized spacial score (nSPS) is 14.8. The van der Waals surface area contributed by atoms with Crippen molar-refractivity contribution in [3.8, 4) is 5.75 Å². The second-order valence-electron chi connectivity index (χ2n) is 7.47. The summed E-state index contributed by atoms with van der Waals surface area (Å²) in [6.07, 6.45) is -2.63. The number of nitrogens with zero attached hydrogens (tertiary/aromatic N) is 2. The Balaban J connectivity index is 1.83. The average molecular weight is 401 g/mol. The molecule has 1 fully saturated rings. The Labute approximate surface area is 160 Å². The Morgan fingerprint density at radius 1 is 1.11 bits per heavy atom. The molecule has 0 radical (unpaired) electrons. The summed E-state index contributed by atoms with van der Waals surface area (Å²) in [6.45, 7) is 6.02. The largest absolute Gasteiger partial charge is 0.573 e. The smallest absolute Gasteiger partial charge is 0.404 e. The van der Waals surface area contributed by atoms with E-state index in [1.54, 1.807) is 0 Å². The van der Waals surface area contributed by atoms with E-state index in [4.69, 9.17) is 11.6 Å². The highest BCUT2D eigenvalue weighted by atomic mass is 35.5. The van der Waals surface area contributed by atoms with Crippen LogP contribution in [0.5, 0.6) is 5.75 Å². The molecule has 1 aliphatic rings. The fourth-order valence-corrected chi connectivity index (χ4v) is 2.66. The first-order valence-electron chi connectivity index (χ1n) is 8.48. The van der Waals surface area contributed by atoms with E-state index in [9.17, 15) is 13.2 Å². The van der Waals surface area contributed by atoms with Gasteiger partial charge >= 0.3 is 6.36 Å². The number of aromatic nitrogens is 2. The minimum Gasteiger partial charge on any atom is -0.404 e. The van der Waals surface area contributed by atoms with Crippen LogP contribution in [-0.2, 0) is 0 Å². The molecule has 146 valence electrons. The van der Waals surface area contributed by atoms with Gasteiger partial charge in [-0.25, -0.2) is 4.98 Å². The van der Waals surface area contributed by atoms with E-state index in [0.717, 1.165) is 24.6 Å². The lowest BCUT2D eigenvalue weighted by atomic mass is 10.1. The van der Waals surface area contributed by atoms with Crippen molar-refractivity contribution in [2.24, 2.45) is 0 Å². The van der Waals surface area contributed by atoms with Crippen molar-refractivity contribution in [3.05, 3.63) is 35.0 Å². The van der Waals surface area contributed by atoms with Gasteiger partial charge < -0.3 is 15.4 Å². The molecule has 27 heavy (non-hydrogen) atoms. The van der Waals surface area contributed by atoms with Gasteiger partial charge in [0, 0.05) is 23.2 Å². The van der Waals surface area contributed by atoms with Crippen LogP contribution in [0.1, 0.15) is 45.2 Å². The number of halogens is 4. The van der Waals surface area contributed by atoms with Gasteiger partial charge in [-0.3, -0.25) is 0 Å². The molecule has 1 aromatic heterocycles. The third-order valence-electron chi connectivity index (χ3n) is 3.66. The van der Waals surface area contributed by atoms with E-state index in [-0.39, 0.29) is 10.6 Å². The van der Waals surface area contributed by atoms with Crippen molar-refractivity contribution in [2.75, 3.05) is 10.6 Å². The molecular weight excluding hydrogens is 381 g/mol. The molecule has 5 nitrogen and oxygen atoms in total. The van der Waals surface area contributed by atoms with Crippen molar-refractivity contribution < 1.29 is 17.9 Å². The summed E-state index contributed by atoms with van der Waals surface area (Å²) >= 11 is 5.90. The van der Waals surface area contributed by atoms with Crippen molar-refractivity contribution in [2.45, 2.75) is 51.4 Å². The summed E-state index contributed by atoms with van der Waals surface area (Å²) in [5.41, 5.74) is 1.22. The fraction of sp³-hybridized carbons (Fsp3) is 0.444. The second-order valence-corrected chi connectivity index (χ2v) is 7.88. The maximum Gasteiger partial charge on any atom is 0.573 e. The molecule has 0 unspecified atom stereocenters. The van der Waals surface area contributed by atoms with Crippen LogP contribution in [-0.4, -0.2) is 21.9 Å². The van der Waals surface area contributed by atoms with E-state index in [0.29, 0.717) is 23.4 Å². The Kier molecular flexibility index (Phi) is 5.12. The van der Waals surface area contributed by atoms with Crippen molar-refractivity contribution in [3.63, 3.8) is 0 Å². The molecule has 2 N–H and O–H groups in total. The quantitative estimate of drug-likeness (QED) is 0.658. The molecule has 9 heteroatoms. The highest BCUT2D eigenvalue weighted by Crippen LogP contribution is 2.40. The summed E-state index contributed by atoms with van der Waals surface area (Å²) in [5, 5.41) is 6.16. The van der Waals surface area contributed by atoms with Gasteiger partial charge in [-0.05, 0) is 51.8 Å². The highest BCUT2D eigenvalue weighted by Gasteiger charge is 2.32. The second kappa shape index (κ2) is 7.07. The fourth-order valence-electron chi connectivity index (χ4n) is 2.44. The monoisotopic (exact) mass is 400 g/mol. The number of benzene rings is 1. The molecule has 0 aliphatic heterocycles. The number of hydrogen-bond donors (Lipinski definition) is 2. The molecule has 0 amide bonds. The number of anilines is 3. The molecule has 3 rings (SSSR count). The predicted molar refractivity (Wildman–Crippen MR) is 98.8 cm³/mol. The molecule has 0 atom stereocenters. The van der Waals surface area contributed by atoms with Crippen molar-refractivity contribution in [1.82, 2.24) is 9.97 Å². The number of rotatable bonds is 5. The minimum absolute atomic E-state index is 0.151. The van der Waals surface area contributed by atoms with Crippen LogP contribution in [0.25, 0.3) is 0 Å². The van der Waals surface area contributed by atoms with E-state index >= 15 is 0 Å².